The van der Waals surface area contributed by atoms with Crippen molar-refractivity contribution < 1.29 is 27.4 Å². The number of fused-ring (bicyclic) bond motifs is 1. The second-order valence-electron chi connectivity index (χ2n) is 6.48. The Hall–Kier alpha value is -1.88. The largest absolute Gasteiger partial charge is 0.454 e. The van der Waals surface area contributed by atoms with Crippen LogP contribution in [0.1, 0.15) is 6.42 Å². The summed E-state index contributed by atoms with van der Waals surface area (Å²) in [6, 6.07) is 5.13. The summed E-state index contributed by atoms with van der Waals surface area (Å²) >= 11 is 0. The van der Waals surface area contributed by atoms with Crippen molar-refractivity contribution in [1.82, 2.24) is 9.21 Å². The van der Waals surface area contributed by atoms with Crippen LogP contribution in [-0.4, -0.2) is 82.5 Å². The molecular formula is C17H25N3O6S. The molecule has 0 radical (unpaired) electrons. The summed E-state index contributed by atoms with van der Waals surface area (Å²) < 4.78 is 41.2. The molecule has 1 aromatic carbocycles. The van der Waals surface area contributed by atoms with Gasteiger partial charge in [-0.15, -0.1) is 0 Å². The Balaban J connectivity index is 1.49. The molecule has 2 aliphatic heterocycles. The molecule has 150 valence electrons. The second-order valence-corrected chi connectivity index (χ2v) is 8.46. The van der Waals surface area contributed by atoms with Crippen molar-refractivity contribution in [2.75, 3.05) is 64.3 Å². The number of sulfonamides is 1. The molecule has 27 heavy (non-hydrogen) atoms. The third-order valence-corrected chi connectivity index (χ3v) is 5.79. The van der Waals surface area contributed by atoms with Crippen LogP contribution in [0.4, 0.5) is 5.69 Å². The molecule has 2 aliphatic rings. The first kappa shape index (κ1) is 19.9. The van der Waals surface area contributed by atoms with E-state index in [4.69, 9.17) is 14.2 Å². The average molecular weight is 399 g/mol. The summed E-state index contributed by atoms with van der Waals surface area (Å²) in [5.41, 5.74) is 0.587. The topological polar surface area (TPSA) is 97.4 Å². The number of carbonyl (C=O) groups is 1. The molecule has 2 heterocycles. The summed E-state index contributed by atoms with van der Waals surface area (Å²) in [6.07, 6.45) is 1.24. The molecule has 9 nitrogen and oxygen atoms in total. The number of morpholine rings is 1. The van der Waals surface area contributed by atoms with E-state index in [-0.39, 0.29) is 25.7 Å². The summed E-state index contributed by atoms with van der Waals surface area (Å²) in [5, 5.41) is 2.76. The predicted molar refractivity (Wildman–Crippen MR) is 99.5 cm³/mol. The van der Waals surface area contributed by atoms with E-state index < -0.39 is 10.0 Å². The van der Waals surface area contributed by atoms with E-state index in [0.29, 0.717) is 43.5 Å². The highest BCUT2D eigenvalue weighted by atomic mass is 32.2. The number of anilines is 1. The van der Waals surface area contributed by atoms with E-state index in [2.05, 4.69) is 10.2 Å². The third kappa shape index (κ3) is 5.80. The number of hydrogen-bond acceptors (Lipinski definition) is 7. The average Bonchev–Trinajstić information content (AvgIpc) is 3.09. The van der Waals surface area contributed by atoms with Crippen molar-refractivity contribution in [3.8, 4) is 11.5 Å². The molecule has 1 N–H and O–H groups in total. The Morgan fingerprint density at radius 1 is 1.19 bits per heavy atom. The molecule has 1 amide bonds. The summed E-state index contributed by atoms with van der Waals surface area (Å²) in [7, 11) is -3.38. The quantitative estimate of drug-likeness (QED) is 0.673. The predicted octanol–water partition coefficient (Wildman–Crippen LogP) is 0.338. The van der Waals surface area contributed by atoms with Crippen LogP contribution in [0.3, 0.4) is 0 Å². The van der Waals surface area contributed by atoms with Crippen LogP contribution < -0.4 is 14.8 Å². The van der Waals surface area contributed by atoms with E-state index >= 15 is 0 Å². The summed E-state index contributed by atoms with van der Waals surface area (Å²) in [6.45, 7) is 4.20. The van der Waals surface area contributed by atoms with Gasteiger partial charge in [-0.05, 0) is 12.1 Å². The lowest BCUT2D eigenvalue weighted by molar-refractivity contribution is -0.116. The Kier molecular flexibility index (Phi) is 6.53. The van der Waals surface area contributed by atoms with Crippen LogP contribution in [0.5, 0.6) is 11.5 Å². The van der Waals surface area contributed by atoms with Gasteiger partial charge in [0.25, 0.3) is 0 Å². The zero-order chi connectivity index (χ0) is 19.3. The van der Waals surface area contributed by atoms with Gasteiger partial charge < -0.3 is 19.5 Å². The Morgan fingerprint density at radius 2 is 1.93 bits per heavy atom. The van der Waals surface area contributed by atoms with Gasteiger partial charge in [0, 0.05) is 50.9 Å². The first-order valence-corrected chi connectivity index (χ1v) is 10.7. The van der Waals surface area contributed by atoms with Crippen molar-refractivity contribution >= 4 is 21.6 Å². The first-order chi connectivity index (χ1) is 12.9. The monoisotopic (exact) mass is 399 g/mol. The second kappa shape index (κ2) is 8.87. The van der Waals surface area contributed by atoms with E-state index in [1.807, 2.05) is 0 Å². The van der Waals surface area contributed by atoms with Crippen LogP contribution in [0, 0.1) is 0 Å². The van der Waals surface area contributed by atoms with E-state index in [9.17, 15) is 13.2 Å². The standard InChI is InChI=1S/C17H25N3O6S/c1-27(22,23)20(7-6-19-8-10-24-11-9-19)5-4-17(21)18-14-2-3-15-16(12-14)26-13-25-15/h2-3,12H,4-11,13H2,1H3,(H,18,21). The first-order valence-electron chi connectivity index (χ1n) is 8.86. The van der Waals surface area contributed by atoms with E-state index in [1.54, 1.807) is 18.2 Å². The van der Waals surface area contributed by atoms with Gasteiger partial charge in [0.2, 0.25) is 22.7 Å². The van der Waals surface area contributed by atoms with Gasteiger partial charge >= 0.3 is 0 Å². The number of ether oxygens (including phenoxy) is 3. The molecule has 0 bridgehead atoms. The molecule has 0 aliphatic carbocycles. The van der Waals surface area contributed by atoms with Gasteiger partial charge in [-0.2, -0.15) is 0 Å². The number of hydrogen-bond donors (Lipinski definition) is 1. The minimum absolute atomic E-state index is 0.0740. The highest BCUT2D eigenvalue weighted by molar-refractivity contribution is 7.88. The molecule has 0 spiro atoms. The van der Waals surface area contributed by atoms with Crippen LogP contribution in [0.2, 0.25) is 0 Å². The van der Waals surface area contributed by atoms with Crippen LogP contribution in [-0.2, 0) is 19.6 Å². The SMILES string of the molecule is CS(=O)(=O)N(CCC(=O)Nc1ccc2c(c1)OCO2)CCN1CCOCC1. The minimum Gasteiger partial charge on any atom is -0.454 e. The normalized spacial score (nSPS) is 17.3. The van der Waals surface area contributed by atoms with Gasteiger partial charge in [0.1, 0.15) is 0 Å². The molecular weight excluding hydrogens is 374 g/mol. The number of benzene rings is 1. The zero-order valence-electron chi connectivity index (χ0n) is 15.3. The summed E-state index contributed by atoms with van der Waals surface area (Å²) in [4.78, 5) is 14.4. The fourth-order valence-corrected chi connectivity index (χ4v) is 3.78. The molecule has 1 fully saturated rings. The molecule has 0 unspecified atom stereocenters. The smallest absolute Gasteiger partial charge is 0.231 e. The molecule has 10 heteroatoms. The lowest BCUT2D eigenvalue weighted by Gasteiger charge is -2.29. The zero-order valence-corrected chi connectivity index (χ0v) is 16.2. The highest BCUT2D eigenvalue weighted by Gasteiger charge is 2.20. The molecule has 1 aromatic rings. The lowest BCUT2D eigenvalue weighted by atomic mass is 10.2. The summed E-state index contributed by atoms with van der Waals surface area (Å²) in [5.74, 6) is 0.962. The Bertz CT molecular complexity index is 764. The maximum atomic E-state index is 12.2. The fourth-order valence-electron chi connectivity index (χ4n) is 2.95. The Morgan fingerprint density at radius 3 is 2.67 bits per heavy atom. The number of amides is 1. The van der Waals surface area contributed by atoms with Gasteiger partial charge in [-0.1, -0.05) is 0 Å². The molecule has 3 rings (SSSR count). The maximum Gasteiger partial charge on any atom is 0.231 e. The van der Waals surface area contributed by atoms with Gasteiger partial charge in [-0.25, -0.2) is 12.7 Å². The number of nitrogens with zero attached hydrogens (tertiary/aromatic N) is 2. The van der Waals surface area contributed by atoms with Crippen molar-refractivity contribution in [1.29, 1.82) is 0 Å². The Labute approximate surface area is 159 Å². The maximum absolute atomic E-state index is 12.2. The minimum atomic E-state index is -3.38. The number of nitrogens with one attached hydrogen (secondary N) is 1. The van der Waals surface area contributed by atoms with Crippen molar-refractivity contribution in [2.24, 2.45) is 0 Å². The van der Waals surface area contributed by atoms with Crippen molar-refractivity contribution in [3.05, 3.63) is 18.2 Å². The number of carbonyl (C=O) groups excluding carboxylic acids is 1. The molecule has 1 saturated heterocycles. The van der Waals surface area contributed by atoms with Crippen LogP contribution in [0.15, 0.2) is 18.2 Å². The lowest BCUT2D eigenvalue weighted by Crippen LogP contribution is -2.43. The van der Waals surface area contributed by atoms with Crippen LogP contribution in [0.25, 0.3) is 0 Å². The van der Waals surface area contributed by atoms with Crippen molar-refractivity contribution in [2.45, 2.75) is 6.42 Å². The number of rotatable bonds is 8. The fraction of sp³-hybridized carbons (Fsp3) is 0.588. The van der Waals surface area contributed by atoms with E-state index in [0.717, 1.165) is 13.1 Å². The third-order valence-electron chi connectivity index (χ3n) is 4.48. The molecule has 0 saturated carbocycles. The van der Waals surface area contributed by atoms with Crippen molar-refractivity contribution in [3.63, 3.8) is 0 Å². The van der Waals surface area contributed by atoms with Gasteiger partial charge in [0.05, 0.1) is 19.5 Å². The van der Waals surface area contributed by atoms with Crippen LogP contribution >= 0.6 is 0 Å². The molecule has 0 atom stereocenters. The highest BCUT2D eigenvalue weighted by Crippen LogP contribution is 2.34. The van der Waals surface area contributed by atoms with E-state index in [1.165, 1.54) is 10.6 Å². The van der Waals surface area contributed by atoms with Gasteiger partial charge in [-0.3, -0.25) is 9.69 Å². The molecule has 0 aromatic heterocycles. The van der Waals surface area contributed by atoms with Gasteiger partial charge in [0.15, 0.2) is 11.5 Å².